The van der Waals surface area contributed by atoms with Crippen LogP contribution in [0.25, 0.3) is 11.3 Å². The second kappa shape index (κ2) is 7.58. The lowest BCUT2D eigenvalue weighted by molar-refractivity contribution is 0.102. The molecule has 26 heavy (non-hydrogen) atoms. The number of methoxy groups -OCH3 is 1. The summed E-state index contributed by atoms with van der Waals surface area (Å²) in [6, 6.07) is 13.4. The predicted molar refractivity (Wildman–Crippen MR) is 108 cm³/mol. The summed E-state index contributed by atoms with van der Waals surface area (Å²) in [5.41, 5.74) is 4.53. The number of hydrogen-bond acceptors (Lipinski definition) is 5. The molecule has 0 unspecified atom stereocenters. The maximum Gasteiger partial charge on any atom is 0.257 e. The van der Waals surface area contributed by atoms with Crippen molar-refractivity contribution in [1.82, 2.24) is 4.98 Å². The van der Waals surface area contributed by atoms with Crippen molar-refractivity contribution in [2.75, 3.05) is 31.4 Å². The monoisotopic (exact) mass is 367 g/mol. The van der Waals surface area contributed by atoms with Gasteiger partial charge >= 0.3 is 0 Å². The number of anilines is 2. The average molecular weight is 367 g/mol. The van der Waals surface area contributed by atoms with E-state index in [1.54, 1.807) is 7.11 Å². The molecule has 0 atom stereocenters. The van der Waals surface area contributed by atoms with Crippen molar-refractivity contribution in [3.63, 3.8) is 0 Å². The Bertz CT molecular complexity index is 917. The molecular formula is C20H21N3O2S. The van der Waals surface area contributed by atoms with E-state index in [1.807, 2.05) is 73.8 Å². The van der Waals surface area contributed by atoms with Gasteiger partial charge in [0.05, 0.1) is 12.8 Å². The van der Waals surface area contributed by atoms with Crippen molar-refractivity contribution in [2.24, 2.45) is 0 Å². The molecule has 0 radical (unpaired) electrons. The van der Waals surface area contributed by atoms with Gasteiger partial charge in [-0.3, -0.25) is 10.1 Å². The third-order valence-corrected chi connectivity index (χ3v) is 4.82. The highest BCUT2D eigenvalue weighted by Gasteiger charge is 2.11. The van der Waals surface area contributed by atoms with Gasteiger partial charge in [0.15, 0.2) is 5.13 Å². The number of hydrogen-bond donors (Lipinski definition) is 1. The lowest BCUT2D eigenvalue weighted by atomic mass is 10.1. The Hall–Kier alpha value is -2.86. The first-order chi connectivity index (χ1) is 12.5. The summed E-state index contributed by atoms with van der Waals surface area (Å²) in [4.78, 5) is 18.9. The van der Waals surface area contributed by atoms with Gasteiger partial charge in [-0.1, -0.05) is 0 Å². The van der Waals surface area contributed by atoms with E-state index < -0.39 is 0 Å². The molecule has 3 aromatic rings. The Morgan fingerprint density at radius 3 is 2.50 bits per heavy atom. The third kappa shape index (κ3) is 3.86. The molecule has 0 aliphatic rings. The number of aryl methyl sites for hydroxylation is 1. The molecule has 0 fully saturated rings. The zero-order chi connectivity index (χ0) is 18.7. The fourth-order valence-corrected chi connectivity index (χ4v) is 3.30. The highest BCUT2D eigenvalue weighted by molar-refractivity contribution is 7.14. The standard InChI is InChI=1S/C20H21N3O2S/c1-13-11-15(7-10-18(13)25-4)17-12-26-20(21-17)22-19(24)14-5-8-16(9-6-14)23(2)3/h5-12H,1-4H3,(H,21,22,24). The number of carbonyl (C=O) groups is 1. The summed E-state index contributed by atoms with van der Waals surface area (Å²) in [6.45, 7) is 1.99. The van der Waals surface area contributed by atoms with Crippen LogP contribution in [0.15, 0.2) is 47.8 Å². The Balaban J connectivity index is 1.73. The molecule has 0 aliphatic carbocycles. The van der Waals surface area contributed by atoms with Gasteiger partial charge in [-0.05, 0) is 55.0 Å². The number of ether oxygens (including phenoxy) is 1. The van der Waals surface area contributed by atoms with Crippen molar-refractivity contribution < 1.29 is 9.53 Å². The van der Waals surface area contributed by atoms with Gasteiger partial charge in [0.2, 0.25) is 0 Å². The molecule has 0 saturated carbocycles. The number of rotatable bonds is 5. The van der Waals surface area contributed by atoms with Crippen LogP contribution in [0.3, 0.4) is 0 Å². The SMILES string of the molecule is COc1ccc(-c2csc(NC(=O)c3ccc(N(C)C)cc3)n2)cc1C. The molecule has 6 heteroatoms. The van der Waals surface area contributed by atoms with Crippen LogP contribution >= 0.6 is 11.3 Å². The number of thiazole rings is 1. The van der Waals surface area contributed by atoms with Gasteiger partial charge in [0, 0.05) is 36.3 Å². The molecule has 0 bridgehead atoms. The lowest BCUT2D eigenvalue weighted by Crippen LogP contribution is -2.13. The first-order valence-electron chi connectivity index (χ1n) is 8.17. The van der Waals surface area contributed by atoms with Gasteiger partial charge in [-0.15, -0.1) is 11.3 Å². The van der Waals surface area contributed by atoms with Crippen LogP contribution in [0.2, 0.25) is 0 Å². The molecule has 0 spiro atoms. The fourth-order valence-electron chi connectivity index (χ4n) is 2.58. The molecule has 2 aromatic carbocycles. The van der Waals surface area contributed by atoms with Crippen molar-refractivity contribution in [3.8, 4) is 17.0 Å². The number of amides is 1. The zero-order valence-electron chi connectivity index (χ0n) is 15.2. The third-order valence-electron chi connectivity index (χ3n) is 4.06. The van der Waals surface area contributed by atoms with Crippen LogP contribution in [-0.4, -0.2) is 32.1 Å². The van der Waals surface area contributed by atoms with Gasteiger partial charge < -0.3 is 9.64 Å². The molecule has 0 saturated heterocycles. The van der Waals surface area contributed by atoms with E-state index in [4.69, 9.17) is 4.74 Å². The summed E-state index contributed by atoms with van der Waals surface area (Å²) in [5.74, 6) is 0.681. The minimum atomic E-state index is -0.165. The average Bonchev–Trinajstić information content (AvgIpc) is 3.10. The lowest BCUT2D eigenvalue weighted by Gasteiger charge is -2.12. The van der Waals surface area contributed by atoms with E-state index in [2.05, 4.69) is 10.3 Å². The van der Waals surface area contributed by atoms with Crippen molar-refractivity contribution >= 4 is 28.1 Å². The molecule has 1 amide bonds. The number of aromatic nitrogens is 1. The van der Waals surface area contributed by atoms with Gasteiger partial charge in [0.25, 0.3) is 5.91 Å². The van der Waals surface area contributed by atoms with E-state index in [0.29, 0.717) is 10.7 Å². The van der Waals surface area contributed by atoms with Crippen LogP contribution in [0.5, 0.6) is 5.75 Å². The van der Waals surface area contributed by atoms with Crippen LogP contribution < -0.4 is 15.0 Å². The predicted octanol–water partition coefficient (Wildman–Crippen LogP) is 4.45. The highest BCUT2D eigenvalue weighted by Crippen LogP contribution is 2.29. The number of nitrogens with zero attached hydrogens (tertiary/aromatic N) is 2. The highest BCUT2D eigenvalue weighted by atomic mass is 32.1. The molecule has 134 valence electrons. The topological polar surface area (TPSA) is 54.5 Å². The largest absolute Gasteiger partial charge is 0.496 e. The van der Waals surface area contributed by atoms with Gasteiger partial charge in [-0.25, -0.2) is 4.98 Å². The maximum atomic E-state index is 12.4. The van der Waals surface area contributed by atoms with Crippen molar-refractivity contribution in [1.29, 1.82) is 0 Å². The first kappa shape index (κ1) is 17.9. The Morgan fingerprint density at radius 1 is 1.15 bits per heavy atom. The second-order valence-corrected chi connectivity index (χ2v) is 6.98. The molecule has 1 heterocycles. The number of benzene rings is 2. The van der Waals surface area contributed by atoms with E-state index in [1.165, 1.54) is 11.3 Å². The molecular weight excluding hydrogens is 346 g/mol. The minimum absolute atomic E-state index is 0.165. The zero-order valence-corrected chi connectivity index (χ0v) is 16.1. The maximum absolute atomic E-state index is 12.4. The molecule has 0 aliphatic heterocycles. The van der Waals surface area contributed by atoms with E-state index in [-0.39, 0.29) is 5.91 Å². The summed E-state index contributed by atoms with van der Waals surface area (Å²) in [7, 11) is 5.59. The molecule has 5 nitrogen and oxygen atoms in total. The normalized spacial score (nSPS) is 10.5. The Morgan fingerprint density at radius 2 is 1.88 bits per heavy atom. The minimum Gasteiger partial charge on any atom is -0.496 e. The van der Waals surface area contributed by atoms with Crippen LogP contribution in [0, 0.1) is 6.92 Å². The van der Waals surface area contributed by atoms with Crippen molar-refractivity contribution in [2.45, 2.75) is 6.92 Å². The van der Waals surface area contributed by atoms with Crippen LogP contribution in [0.1, 0.15) is 15.9 Å². The van der Waals surface area contributed by atoms with Crippen LogP contribution in [-0.2, 0) is 0 Å². The van der Waals surface area contributed by atoms with Crippen molar-refractivity contribution in [3.05, 3.63) is 59.0 Å². The summed E-state index contributed by atoms with van der Waals surface area (Å²) >= 11 is 1.41. The Labute approximate surface area is 157 Å². The van der Waals surface area contributed by atoms with E-state index in [9.17, 15) is 4.79 Å². The molecule has 3 rings (SSSR count). The fraction of sp³-hybridized carbons (Fsp3) is 0.200. The first-order valence-corrected chi connectivity index (χ1v) is 9.05. The second-order valence-electron chi connectivity index (χ2n) is 6.12. The summed E-state index contributed by atoms with van der Waals surface area (Å²) < 4.78 is 5.29. The molecule has 1 aromatic heterocycles. The van der Waals surface area contributed by atoms with E-state index in [0.717, 1.165) is 28.3 Å². The molecule has 1 N–H and O–H groups in total. The van der Waals surface area contributed by atoms with Crippen LogP contribution in [0.4, 0.5) is 10.8 Å². The number of carbonyl (C=O) groups excluding carboxylic acids is 1. The summed E-state index contributed by atoms with van der Waals surface area (Å²) in [5, 5.41) is 5.38. The quantitative estimate of drug-likeness (QED) is 0.724. The summed E-state index contributed by atoms with van der Waals surface area (Å²) in [6.07, 6.45) is 0. The smallest absolute Gasteiger partial charge is 0.257 e. The Kier molecular flexibility index (Phi) is 5.23. The van der Waals surface area contributed by atoms with Gasteiger partial charge in [-0.2, -0.15) is 0 Å². The number of nitrogens with one attached hydrogen (secondary N) is 1. The van der Waals surface area contributed by atoms with Gasteiger partial charge in [0.1, 0.15) is 5.75 Å². The van der Waals surface area contributed by atoms with E-state index >= 15 is 0 Å².